The Hall–Kier alpha value is -0.120. The highest BCUT2D eigenvalue weighted by Gasteiger charge is 2.28. The van der Waals surface area contributed by atoms with E-state index in [1.54, 1.807) is 7.11 Å². The monoisotopic (exact) mass is 243 g/mol. The van der Waals surface area contributed by atoms with Gasteiger partial charge in [0.2, 0.25) is 0 Å². The predicted molar refractivity (Wildman–Crippen MR) is 71.3 cm³/mol. The Morgan fingerprint density at radius 1 is 1.35 bits per heavy atom. The lowest BCUT2D eigenvalue weighted by Gasteiger charge is -2.33. The molecule has 0 aromatic heterocycles. The number of likely N-dealkylation sites (N-methyl/N-ethyl adjacent to an activating group) is 1. The van der Waals surface area contributed by atoms with E-state index in [1.807, 2.05) is 0 Å². The van der Waals surface area contributed by atoms with Crippen LogP contribution in [0.5, 0.6) is 0 Å². The maximum absolute atomic E-state index is 5.80. The average molecular weight is 243 g/mol. The molecular formula is C14H29NO2. The number of methoxy groups -OCH3 is 1. The van der Waals surface area contributed by atoms with Gasteiger partial charge in [0, 0.05) is 13.7 Å². The second kappa shape index (κ2) is 7.34. The number of nitrogens with one attached hydrogen (secondary N) is 1. The van der Waals surface area contributed by atoms with E-state index in [1.165, 1.54) is 25.7 Å². The van der Waals surface area contributed by atoms with Crippen LogP contribution in [0.25, 0.3) is 0 Å². The Bertz CT molecular complexity index is 202. The molecule has 1 rings (SSSR count). The van der Waals surface area contributed by atoms with Gasteiger partial charge in [-0.3, -0.25) is 0 Å². The molecular weight excluding hydrogens is 214 g/mol. The molecule has 0 bridgehead atoms. The lowest BCUT2D eigenvalue weighted by Crippen LogP contribution is -2.51. The highest BCUT2D eigenvalue weighted by Crippen LogP contribution is 2.29. The summed E-state index contributed by atoms with van der Waals surface area (Å²) in [5.41, 5.74) is -0.174. The Morgan fingerprint density at radius 3 is 2.53 bits per heavy atom. The number of hydrogen-bond acceptors (Lipinski definition) is 3. The standard InChI is InChI=1S/C14H29NO2/c1-5-15-13(14(2,3)16-4)11-17-10-9-12-7-6-8-12/h12-13,15H,5-11H2,1-4H3. The van der Waals surface area contributed by atoms with E-state index in [0.717, 1.165) is 25.7 Å². The summed E-state index contributed by atoms with van der Waals surface area (Å²) < 4.78 is 11.3. The molecule has 0 aromatic carbocycles. The van der Waals surface area contributed by atoms with Crippen molar-refractivity contribution in [1.29, 1.82) is 0 Å². The van der Waals surface area contributed by atoms with Crippen molar-refractivity contribution in [2.24, 2.45) is 5.92 Å². The second-order valence-electron chi connectivity index (χ2n) is 5.58. The van der Waals surface area contributed by atoms with Crippen molar-refractivity contribution >= 4 is 0 Å². The molecule has 1 saturated carbocycles. The summed E-state index contributed by atoms with van der Waals surface area (Å²) in [6.45, 7) is 8.91. The fourth-order valence-corrected chi connectivity index (χ4v) is 2.13. The van der Waals surface area contributed by atoms with Crippen LogP contribution in [-0.4, -0.2) is 38.5 Å². The maximum Gasteiger partial charge on any atom is 0.0797 e. The van der Waals surface area contributed by atoms with Gasteiger partial charge in [-0.2, -0.15) is 0 Å². The summed E-state index contributed by atoms with van der Waals surface area (Å²) in [5.74, 6) is 0.933. The highest BCUT2D eigenvalue weighted by atomic mass is 16.5. The van der Waals surface area contributed by atoms with Crippen molar-refractivity contribution in [3.8, 4) is 0 Å². The zero-order valence-electron chi connectivity index (χ0n) is 11.9. The van der Waals surface area contributed by atoms with Gasteiger partial charge in [0.1, 0.15) is 0 Å². The van der Waals surface area contributed by atoms with E-state index < -0.39 is 0 Å². The Labute approximate surface area is 106 Å². The second-order valence-corrected chi connectivity index (χ2v) is 5.58. The van der Waals surface area contributed by atoms with E-state index in [9.17, 15) is 0 Å². The van der Waals surface area contributed by atoms with Gasteiger partial charge in [-0.15, -0.1) is 0 Å². The molecule has 3 heteroatoms. The first-order valence-electron chi connectivity index (χ1n) is 6.96. The molecule has 0 aromatic rings. The van der Waals surface area contributed by atoms with Crippen LogP contribution in [0.4, 0.5) is 0 Å². The summed E-state index contributed by atoms with van der Waals surface area (Å²) in [5, 5.41) is 3.44. The predicted octanol–water partition coefficient (Wildman–Crippen LogP) is 2.60. The fourth-order valence-electron chi connectivity index (χ4n) is 2.13. The minimum absolute atomic E-state index is 0.174. The molecule has 0 aliphatic heterocycles. The van der Waals surface area contributed by atoms with E-state index in [-0.39, 0.29) is 11.6 Å². The molecule has 0 saturated heterocycles. The number of rotatable bonds is 9. The zero-order chi connectivity index (χ0) is 12.7. The van der Waals surface area contributed by atoms with Crippen LogP contribution in [0.3, 0.4) is 0 Å². The lowest BCUT2D eigenvalue weighted by atomic mass is 9.83. The first-order chi connectivity index (χ1) is 8.10. The molecule has 102 valence electrons. The first-order valence-corrected chi connectivity index (χ1v) is 6.96. The summed E-state index contributed by atoms with van der Waals surface area (Å²) >= 11 is 0. The van der Waals surface area contributed by atoms with E-state index in [2.05, 4.69) is 26.1 Å². The number of ether oxygens (including phenoxy) is 2. The van der Waals surface area contributed by atoms with Gasteiger partial charge in [-0.1, -0.05) is 26.2 Å². The smallest absolute Gasteiger partial charge is 0.0797 e. The van der Waals surface area contributed by atoms with Crippen LogP contribution in [0.2, 0.25) is 0 Å². The van der Waals surface area contributed by atoms with Crippen molar-refractivity contribution in [2.75, 3.05) is 26.9 Å². The molecule has 1 N–H and O–H groups in total. The summed E-state index contributed by atoms with van der Waals surface area (Å²) in [6.07, 6.45) is 5.46. The quantitative estimate of drug-likeness (QED) is 0.631. The molecule has 1 aliphatic rings. The normalized spacial score (nSPS) is 19.1. The van der Waals surface area contributed by atoms with Gasteiger partial charge >= 0.3 is 0 Å². The van der Waals surface area contributed by atoms with Crippen molar-refractivity contribution in [2.45, 2.75) is 58.1 Å². The minimum atomic E-state index is -0.174. The summed E-state index contributed by atoms with van der Waals surface area (Å²) in [4.78, 5) is 0. The Morgan fingerprint density at radius 2 is 2.06 bits per heavy atom. The molecule has 0 spiro atoms. The zero-order valence-corrected chi connectivity index (χ0v) is 11.9. The van der Waals surface area contributed by atoms with Crippen molar-refractivity contribution in [3.63, 3.8) is 0 Å². The van der Waals surface area contributed by atoms with Crippen LogP contribution in [0, 0.1) is 5.92 Å². The third kappa shape index (κ3) is 4.94. The first kappa shape index (κ1) is 14.9. The van der Waals surface area contributed by atoms with Crippen molar-refractivity contribution < 1.29 is 9.47 Å². The van der Waals surface area contributed by atoms with Crippen molar-refractivity contribution in [3.05, 3.63) is 0 Å². The van der Waals surface area contributed by atoms with E-state index >= 15 is 0 Å². The van der Waals surface area contributed by atoms with Gasteiger partial charge < -0.3 is 14.8 Å². The maximum atomic E-state index is 5.80. The van der Waals surface area contributed by atoms with E-state index in [0.29, 0.717) is 0 Å². The Kier molecular flexibility index (Phi) is 6.45. The largest absolute Gasteiger partial charge is 0.380 e. The highest BCUT2D eigenvalue weighted by molar-refractivity contribution is 4.85. The van der Waals surface area contributed by atoms with E-state index in [4.69, 9.17) is 9.47 Å². The minimum Gasteiger partial charge on any atom is -0.380 e. The lowest BCUT2D eigenvalue weighted by molar-refractivity contribution is -0.0401. The topological polar surface area (TPSA) is 30.5 Å². The van der Waals surface area contributed by atoms with Crippen molar-refractivity contribution in [1.82, 2.24) is 5.32 Å². The van der Waals surface area contributed by atoms with Gasteiger partial charge in [-0.05, 0) is 32.7 Å². The molecule has 1 fully saturated rings. The fraction of sp³-hybridized carbons (Fsp3) is 1.00. The SMILES string of the molecule is CCNC(COCCC1CCC1)C(C)(C)OC. The van der Waals surface area contributed by atoms with Crippen LogP contribution in [0.15, 0.2) is 0 Å². The molecule has 0 heterocycles. The average Bonchev–Trinajstić information content (AvgIpc) is 2.24. The molecule has 3 nitrogen and oxygen atoms in total. The van der Waals surface area contributed by atoms with Gasteiger partial charge in [-0.25, -0.2) is 0 Å². The van der Waals surface area contributed by atoms with Crippen LogP contribution in [-0.2, 0) is 9.47 Å². The molecule has 0 amide bonds. The number of hydrogen-bond donors (Lipinski definition) is 1. The van der Waals surface area contributed by atoms with Crippen LogP contribution in [0.1, 0.15) is 46.5 Å². The molecule has 1 atom stereocenters. The molecule has 1 aliphatic carbocycles. The molecule has 0 radical (unpaired) electrons. The van der Waals surface area contributed by atoms with Gasteiger partial charge in [0.25, 0.3) is 0 Å². The Balaban J connectivity index is 2.18. The third-order valence-corrected chi connectivity index (χ3v) is 4.00. The van der Waals surface area contributed by atoms with Gasteiger partial charge in [0.05, 0.1) is 18.2 Å². The molecule has 17 heavy (non-hydrogen) atoms. The van der Waals surface area contributed by atoms with Crippen LogP contribution >= 0.6 is 0 Å². The van der Waals surface area contributed by atoms with Gasteiger partial charge in [0.15, 0.2) is 0 Å². The molecule has 1 unspecified atom stereocenters. The summed E-state index contributed by atoms with van der Waals surface area (Å²) in [7, 11) is 1.76. The summed E-state index contributed by atoms with van der Waals surface area (Å²) in [6, 6.07) is 0.263. The third-order valence-electron chi connectivity index (χ3n) is 4.00. The van der Waals surface area contributed by atoms with Crippen LogP contribution < -0.4 is 5.32 Å².